The van der Waals surface area contributed by atoms with Gasteiger partial charge in [-0.2, -0.15) is 11.3 Å². The molecule has 0 fully saturated rings. The summed E-state index contributed by atoms with van der Waals surface area (Å²) in [5, 5.41) is 6.94. The van der Waals surface area contributed by atoms with Crippen LogP contribution in [0, 0.1) is 0 Å². The highest BCUT2D eigenvalue weighted by Crippen LogP contribution is 2.07. The van der Waals surface area contributed by atoms with Gasteiger partial charge in [0.15, 0.2) is 0 Å². The topological polar surface area (TPSA) is 55.1 Å². The first-order valence-corrected chi connectivity index (χ1v) is 5.75. The number of thiophene rings is 1. The molecule has 0 aliphatic heterocycles. The third-order valence-corrected chi connectivity index (χ3v) is 2.66. The SMILES string of the molecule is NCCCNC(=O)CCc1ccsc1. The zero-order valence-electron chi connectivity index (χ0n) is 8.16. The molecule has 78 valence electrons. The van der Waals surface area contributed by atoms with E-state index in [-0.39, 0.29) is 5.91 Å². The van der Waals surface area contributed by atoms with E-state index in [0.717, 1.165) is 12.8 Å². The highest BCUT2D eigenvalue weighted by molar-refractivity contribution is 7.07. The molecule has 0 aromatic carbocycles. The third kappa shape index (κ3) is 4.39. The van der Waals surface area contributed by atoms with Crippen molar-refractivity contribution in [2.45, 2.75) is 19.3 Å². The van der Waals surface area contributed by atoms with E-state index >= 15 is 0 Å². The number of carbonyl (C=O) groups excluding carboxylic acids is 1. The summed E-state index contributed by atoms with van der Waals surface area (Å²) in [6.45, 7) is 1.32. The zero-order valence-corrected chi connectivity index (χ0v) is 8.98. The van der Waals surface area contributed by atoms with Crippen LogP contribution in [-0.2, 0) is 11.2 Å². The Morgan fingerprint density at radius 2 is 2.43 bits per heavy atom. The van der Waals surface area contributed by atoms with Crippen LogP contribution in [-0.4, -0.2) is 19.0 Å². The number of rotatable bonds is 6. The van der Waals surface area contributed by atoms with Gasteiger partial charge in [0, 0.05) is 13.0 Å². The maximum atomic E-state index is 11.3. The normalized spacial score (nSPS) is 10.1. The number of nitrogens with two attached hydrogens (primary N) is 1. The van der Waals surface area contributed by atoms with Gasteiger partial charge in [-0.25, -0.2) is 0 Å². The van der Waals surface area contributed by atoms with Crippen molar-refractivity contribution in [2.24, 2.45) is 5.73 Å². The number of hydrogen-bond donors (Lipinski definition) is 2. The van der Waals surface area contributed by atoms with Crippen LogP contribution >= 0.6 is 11.3 Å². The molecule has 1 aromatic heterocycles. The molecule has 14 heavy (non-hydrogen) atoms. The summed E-state index contributed by atoms with van der Waals surface area (Å²) in [5.74, 6) is 0.115. The van der Waals surface area contributed by atoms with E-state index < -0.39 is 0 Å². The fraction of sp³-hybridized carbons (Fsp3) is 0.500. The highest BCUT2D eigenvalue weighted by Gasteiger charge is 2.01. The standard InChI is InChI=1S/C10H16N2OS/c11-5-1-6-12-10(13)3-2-9-4-7-14-8-9/h4,7-8H,1-3,5-6,11H2,(H,12,13). The summed E-state index contributed by atoms with van der Waals surface area (Å²) in [4.78, 5) is 11.3. The fourth-order valence-electron chi connectivity index (χ4n) is 1.11. The van der Waals surface area contributed by atoms with E-state index in [9.17, 15) is 4.79 Å². The lowest BCUT2D eigenvalue weighted by Crippen LogP contribution is -2.26. The predicted molar refractivity (Wildman–Crippen MR) is 59.3 cm³/mol. The average Bonchev–Trinajstić information content (AvgIpc) is 2.68. The molecule has 1 rings (SSSR count). The molecule has 0 bridgehead atoms. The molecule has 1 heterocycles. The molecule has 0 unspecified atom stereocenters. The van der Waals surface area contributed by atoms with Crippen molar-refractivity contribution in [3.05, 3.63) is 22.4 Å². The fourth-order valence-corrected chi connectivity index (χ4v) is 1.81. The van der Waals surface area contributed by atoms with Crippen LogP contribution in [0.4, 0.5) is 0 Å². The molecular weight excluding hydrogens is 196 g/mol. The first-order valence-electron chi connectivity index (χ1n) is 4.81. The Bertz CT molecular complexity index is 259. The van der Waals surface area contributed by atoms with Crippen LogP contribution in [0.3, 0.4) is 0 Å². The van der Waals surface area contributed by atoms with Crippen molar-refractivity contribution in [3.8, 4) is 0 Å². The van der Waals surface area contributed by atoms with Gasteiger partial charge >= 0.3 is 0 Å². The van der Waals surface area contributed by atoms with E-state index in [1.807, 2.05) is 5.38 Å². The van der Waals surface area contributed by atoms with Crippen molar-refractivity contribution in [2.75, 3.05) is 13.1 Å². The van der Waals surface area contributed by atoms with Crippen molar-refractivity contribution < 1.29 is 4.79 Å². The van der Waals surface area contributed by atoms with Crippen LogP contribution < -0.4 is 11.1 Å². The Balaban J connectivity index is 2.09. The molecule has 3 N–H and O–H groups in total. The van der Waals surface area contributed by atoms with Crippen LogP contribution in [0.1, 0.15) is 18.4 Å². The monoisotopic (exact) mass is 212 g/mol. The number of nitrogens with one attached hydrogen (secondary N) is 1. The Labute approximate surface area is 88.3 Å². The second kappa shape index (κ2) is 6.56. The Kier molecular flexibility index (Phi) is 5.25. The molecule has 0 saturated heterocycles. The molecule has 0 aliphatic rings. The average molecular weight is 212 g/mol. The first-order chi connectivity index (χ1) is 6.83. The molecule has 0 aliphatic carbocycles. The van der Waals surface area contributed by atoms with Gasteiger partial charge in [0.2, 0.25) is 5.91 Å². The number of aryl methyl sites for hydroxylation is 1. The second-order valence-electron chi connectivity index (χ2n) is 3.12. The summed E-state index contributed by atoms with van der Waals surface area (Å²) in [7, 11) is 0. The van der Waals surface area contributed by atoms with E-state index in [1.54, 1.807) is 11.3 Å². The Morgan fingerprint density at radius 1 is 1.57 bits per heavy atom. The lowest BCUT2D eigenvalue weighted by atomic mass is 10.2. The first kappa shape index (κ1) is 11.2. The minimum absolute atomic E-state index is 0.115. The minimum atomic E-state index is 0.115. The maximum Gasteiger partial charge on any atom is 0.220 e. The summed E-state index contributed by atoms with van der Waals surface area (Å²) in [6.07, 6.45) is 2.25. The molecule has 3 nitrogen and oxygen atoms in total. The van der Waals surface area contributed by atoms with Gasteiger partial charge in [0.25, 0.3) is 0 Å². The smallest absolute Gasteiger partial charge is 0.220 e. The van der Waals surface area contributed by atoms with Gasteiger partial charge < -0.3 is 11.1 Å². The van der Waals surface area contributed by atoms with Crippen LogP contribution in [0.15, 0.2) is 16.8 Å². The third-order valence-electron chi connectivity index (χ3n) is 1.92. The number of amides is 1. The van der Waals surface area contributed by atoms with Crippen LogP contribution in [0.5, 0.6) is 0 Å². The molecular formula is C10H16N2OS. The summed E-state index contributed by atoms with van der Waals surface area (Å²) < 4.78 is 0. The summed E-state index contributed by atoms with van der Waals surface area (Å²) in [5.41, 5.74) is 6.56. The largest absolute Gasteiger partial charge is 0.356 e. The van der Waals surface area contributed by atoms with Crippen molar-refractivity contribution in [1.29, 1.82) is 0 Å². The van der Waals surface area contributed by atoms with Gasteiger partial charge in [-0.3, -0.25) is 4.79 Å². The molecule has 1 aromatic rings. The lowest BCUT2D eigenvalue weighted by molar-refractivity contribution is -0.121. The van der Waals surface area contributed by atoms with Gasteiger partial charge in [-0.15, -0.1) is 0 Å². The highest BCUT2D eigenvalue weighted by atomic mass is 32.1. The minimum Gasteiger partial charge on any atom is -0.356 e. The van der Waals surface area contributed by atoms with E-state index in [4.69, 9.17) is 5.73 Å². The molecule has 1 amide bonds. The van der Waals surface area contributed by atoms with Crippen molar-refractivity contribution in [3.63, 3.8) is 0 Å². The molecule has 0 radical (unpaired) electrons. The van der Waals surface area contributed by atoms with Gasteiger partial charge in [-0.1, -0.05) is 0 Å². The number of carbonyl (C=O) groups is 1. The van der Waals surface area contributed by atoms with Gasteiger partial charge in [0.1, 0.15) is 0 Å². The zero-order chi connectivity index (χ0) is 10.2. The molecule has 0 atom stereocenters. The Morgan fingerprint density at radius 3 is 3.07 bits per heavy atom. The van der Waals surface area contributed by atoms with Crippen molar-refractivity contribution >= 4 is 17.2 Å². The van der Waals surface area contributed by atoms with E-state index in [2.05, 4.69) is 16.8 Å². The molecule has 0 saturated carbocycles. The summed E-state index contributed by atoms with van der Waals surface area (Å²) in [6, 6.07) is 2.05. The molecule has 0 spiro atoms. The predicted octanol–water partition coefficient (Wildman–Crippen LogP) is 1.15. The summed E-state index contributed by atoms with van der Waals surface area (Å²) >= 11 is 1.66. The lowest BCUT2D eigenvalue weighted by Gasteiger charge is -2.02. The van der Waals surface area contributed by atoms with Crippen molar-refractivity contribution in [1.82, 2.24) is 5.32 Å². The quantitative estimate of drug-likeness (QED) is 0.695. The van der Waals surface area contributed by atoms with Crippen LogP contribution in [0.2, 0.25) is 0 Å². The molecule has 4 heteroatoms. The maximum absolute atomic E-state index is 11.3. The van der Waals surface area contributed by atoms with E-state index in [1.165, 1.54) is 5.56 Å². The number of hydrogen-bond acceptors (Lipinski definition) is 3. The Hall–Kier alpha value is -0.870. The van der Waals surface area contributed by atoms with Crippen LogP contribution in [0.25, 0.3) is 0 Å². The van der Waals surface area contributed by atoms with Gasteiger partial charge in [0.05, 0.1) is 0 Å². The van der Waals surface area contributed by atoms with E-state index in [0.29, 0.717) is 19.5 Å². The second-order valence-corrected chi connectivity index (χ2v) is 3.90. The van der Waals surface area contributed by atoms with Gasteiger partial charge in [-0.05, 0) is 41.8 Å².